The van der Waals surface area contributed by atoms with Crippen molar-refractivity contribution < 1.29 is 24.2 Å². The molecule has 2 amide bonds. The number of hydrogen-bond acceptors (Lipinski definition) is 4. The number of aliphatic carboxylic acids is 1. The smallest absolute Gasteiger partial charge is 0.408 e. The maximum atomic E-state index is 12.4. The fourth-order valence-electron chi connectivity index (χ4n) is 1.89. The highest BCUT2D eigenvalue weighted by Gasteiger charge is 2.32. The highest BCUT2D eigenvalue weighted by molar-refractivity contribution is 5.89. The van der Waals surface area contributed by atoms with Crippen LogP contribution in [0.4, 0.5) is 4.79 Å². The second-order valence-corrected chi connectivity index (χ2v) is 7.08. The predicted octanol–water partition coefficient (Wildman–Crippen LogP) is 2.15. The molecule has 0 heterocycles. The quantitative estimate of drug-likeness (QED) is 0.663. The van der Waals surface area contributed by atoms with Crippen LogP contribution < -0.4 is 10.6 Å². The highest BCUT2D eigenvalue weighted by atomic mass is 16.6. The molecule has 0 aromatic carbocycles. The lowest BCUT2D eigenvalue weighted by Crippen LogP contribution is -2.55. The fourth-order valence-corrected chi connectivity index (χ4v) is 1.89. The molecule has 0 aliphatic heterocycles. The van der Waals surface area contributed by atoms with Crippen LogP contribution in [0.15, 0.2) is 0 Å². The third-order valence-corrected chi connectivity index (χ3v) is 3.40. The van der Waals surface area contributed by atoms with Gasteiger partial charge in [0.2, 0.25) is 5.91 Å². The van der Waals surface area contributed by atoms with Gasteiger partial charge in [0.05, 0.1) is 0 Å². The molecule has 0 saturated carbocycles. The summed E-state index contributed by atoms with van der Waals surface area (Å²) in [5.41, 5.74) is -0.678. The van der Waals surface area contributed by atoms with Crippen LogP contribution in [0.25, 0.3) is 0 Å². The van der Waals surface area contributed by atoms with Gasteiger partial charge in [0.25, 0.3) is 0 Å². The molecule has 0 spiro atoms. The van der Waals surface area contributed by atoms with E-state index in [0.717, 1.165) is 0 Å². The summed E-state index contributed by atoms with van der Waals surface area (Å²) in [5, 5.41) is 14.2. The molecule has 0 radical (unpaired) electrons. The van der Waals surface area contributed by atoms with Crippen LogP contribution in [0.1, 0.15) is 54.9 Å². The maximum absolute atomic E-state index is 12.4. The molecule has 7 heteroatoms. The summed E-state index contributed by atoms with van der Waals surface area (Å²) < 4.78 is 5.17. The first-order valence-corrected chi connectivity index (χ1v) is 7.91. The van der Waals surface area contributed by atoms with E-state index in [1.54, 1.807) is 34.6 Å². The molecule has 0 aliphatic carbocycles. The number of carbonyl (C=O) groups is 3. The Kier molecular flexibility index (Phi) is 8.06. The van der Waals surface area contributed by atoms with E-state index in [9.17, 15) is 19.5 Å². The number of nitrogens with one attached hydrogen (secondary N) is 2. The van der Waals surface area contributed by atoms with Gasteiger partial charge in [-0.25, -0.2) is 9.59 Å². The zero-order valence-corrected chi connectivity index (χ0v) is 15.1. The van der Waals surface area contributed by atoms with Crippen molar-refractivity contribution in [1.82, 2.24) is 10.6 Å². The number of ether oxygens (including phenoxy) is 1. The monoisotopic (exact) mass is 330 g/mol. The van der Waals surface area contributed by atoms with Gasteiger partial charge in [-0.05, 0) is 32.6 Å². The van der Waals surface area contributed by atoms with E-state index < -0.39 is 35.7 Å². The minimum Gasteiger partial charge on any atom is -0.480 e. The Balaban J connectivity index is 5.06. The van der Waals surface area contributed by atoms with E-state index in [4.69, 9.17) is 4.74 Å². The molecule has 0 fully saturated rings. The molecule has 3 atom stereocenters. The van der Waals surface area contributed by atoms with Crippen LogP contribution in [0.2, 0.25) is 0 Å². The number of carboxylic acids is 1. The first kappa shape index (κ1) is 21.2. The minimum absolute atomic E-state index is 0.163. The molecular weight excluding hydrogens is 300 g/mol. The minimum atomic E-state index is -1.10. The summed E-state index contributed by atoms with van der Waals surface area (Å²) in [4.78, 5) is 35.6. The van der Waals surface area contributed by atoms with Crippen molar-refractivity contribution in [3.63, 3.8) is 0 Å². The van der Waals surface area contributed by atoms with Crippen LogP contribution in [-0.4, -0.2) is 40.8 Å². The number of carboxylic acid groups (broad SMARTS) is 1. The van der Waals surface area contributed by atoms with Gasteiger partial charge in [0.1, 0.15) is 17.7 Å². The zero-order valence-electron chi connectivity index (χ0n) is 15.1. The van der Waals surface area contributed by atoms with Crippen LogP contribution in [0, 0.1) is 11.8 Å². The van der Waals surface area contributed by atoms with Crippen molar-refractivity contribution in [2.75, 3.05) is 0 Å². The lowest BCUT2D eigenvalue weighted by atomic mass is 9.97. The van der Waals surface area contributed by atoms with Crippen molar-refractivity contribution in [2.24, 2.45) is 11.8 Å². The topological polar surface area (TPSA) is 105 Å². The van der Waals surface area contributed by atoms with E-state index in [1.807, 2.05) is 13.8 Å². The first-order valence-electron chi connectivity index (χ1n) is 7.91. The molecule has 23 heavy (non-hydrogen) atoms. The second kappa shape index (κ2) is 8.74. The molecule has 0 saturated heterocycles. The van der Waals surface area contributed by atoms with Gasteiger partial charge in [-0.15, -0.1) is 0 Å². The van der Waals surface area contributed by atoms with Gasteiger partial charge < -0.3 is 20.5 Å². The summed E-state index contributed by atoms with van der Waals surface area (Å²) in [7, 11) is 0. The lowest BCUT2D eigenvalue weighted by molar-refractivity contribution is -0.143. The van der Waals surface area contributed by atoms with E-state index in [-0.39, 0.29) is 11.8 Å². The average molecular weight is 330 g/mol. The number of hydrogen-bond donors (Lipinski definition) is 3. The Morgan fingerprint density at radius 1 is 1.04 bits per heavy atom. The number of amides is 2. The maximum Gasteiger partial charge on any atom is 0.408 e. The average Bonchev–Trinajstić information content (AvgIpc) is 2.38. The summed E-state index contributed by atoms with van der Waals surface area (Å²) >= 11 is 0. The lowest BCUT2D eigenvalue weighted by Gasteiger charge is -2.28. The van der Waals surface area contributed by atoms with Gasteiger partial charge in [0, 0.05) is 0 Å². The van der Waals surface area contributed by atoms with Crippen molar-refractivity contribution >= 4 is 18.0 Å². The molecule has 0 unspecified atom stereocenters. The Morgan fingerprint density at radius 2 is 1.57 bits per heavy atom. The van der Waals surface area contributed by atoms with Gasteiger partial charge in [-0.2, -0.15) is 0 Å². The Labute approximate surface area is 138 Å². The molecule has 7 nitrogen and oxygen atoms in total. The highest BCUT2D eigenvalue weighted by Crippen LogP contribution is 2.12. The van der Waals surface area contributed by atoms with E-state index >= 15 is 0 Å². The van der Waals surface area contributed by atoms with E-state index in [2.05, 4.69) is 10.6 Å². The third kappa shape index (κ3) is 7.85. The van der Waals surface area contributed by atoms with E-state index in [1.165, 1.54) is 0 Å². The first-order chi connectivity index (χ1) is 10.4. The number of carbonyl (C=O) groups excluding carboxylic acids is 2. The normalized spacial score (nSPS) is 15.5. The molecule has 0 rings (SSSR count). The summed E-state index contributed by atoms with van der Waals surface area (Å²) in [6.07, 6.45) is -0.0535. The molecular formula is C16H30N2O5. The van der Waals surface area contributed by atoms with Gasteiger partial charge in [-0.3, -0.25) is 4.79 Å². The van der Waals surface area contributed by atoms with Crippen molar-refractivity contribution in [3.05, 3.63) is 0 Å². The fraction of sp³-hybridized carbons (Fsp3) is 0.812. The molecule has 3 N–H and O–H groups in total. The van der Waals surface area contributed by atoms with Crippen molar-refractivity contribution in [1.29, 1.82) is 0 Å². The van der Waals surface area contributed by atoms with Gasteiger partial charge in [-0.1, -0.05) is 34.1 Å². The van der Waals surface area contributed by atoms with Crippen LogP contribution >= 0.6 is 0 Å². The standard InChI is InChI=1S/C16H30N2O5/c1-8-10(4)12(18-15(22)23-16(5,6)7)13(19)17-11(9(2)3)14(20)21/h9-12H,8H2,1-7H3,(H,17,19)(H,18,22)(H,20,21)/t10-,11+,12-/m1/s1. The SMILES string of the molecule is CC[C@@H](C)[C@@H](NC(=O)OC(C)(C)C)C(=O)N[C@H](C(=O)O)C(C)C. The number of rotatable bonds is 7. The molecule has 0 bridgehead atoms. The largest absolute Gasteiger partial charge is 0.480 e. The van der Waals surface area contributed by atoms with Crippen LogP contribution in [0.3, 0.4) is 0 Å². The summed E-state index contributed by atoms with van der Waals surface area (Å²) in [6, 6.07) is -1.86. The van der Waals surface area contributed by atoms with Gasteiger partial charge in [0.15, 0.2) is 0 Å². The van der Waals surface area contributed by atoms with Crippen LogP contribution in [-0.2, 0) is 14.3 Å². The van der Waals surface area contributed by atoms with Crippen molar-refractivity contribution in [3.8, 4) is 0 Å². The van der Waals surface area contributed by atoms with E-state index in [0.29, 0.717) is 6.42 Å². The van der Waals surface area contributed by atoms with Crippen LogP contribution in [0.5, 0.6) is 0 Å². The predicted molar refractivity (Wildman–Crippen MR) is 87.0 cm³/mol. The zero-order chi connectivity index (χ0) is 18.4. The Bertz CT molecular complexity index is 429. The second-order valence-electron chi connectivity index (χ2n) is 7.08. The molecule has 0 aromatic rings. The Morgan fingerprint density at radius 3 is 1.91 bits per heavy atom. The molecule has 134 valence electrons. The number of alkyl carbamates (subject to hydrolysis) is 1. The summed E-state index contributed by atoms with van der Waals surface area (Å²) in [6.45, 7) is 12.3. The van der Waals surface area contributed by atoms with Crippen molar-refractivity contribution in [2.45, 2.75) is 72.6 Å². The van der Waals surface area contributed by atoms with Gasteiger partial charge >= 0.3 is 12.1 Å². The third-order valence-electron chi connectivity index (χ3n) is 3.40. The molecule has 0 aliphatic rings. The molecule has 0 aromatic heterocycles. The Hall–Kier alpha value is -1.79. The summed E-state index contributed by atoms with van der Waals surface area (Å²) in [5.74, 6) is -2.06.